The van der Waals surface area contributed by atoms with Crippen molar-refractivity contribution in [1.82, 2.24) is 4.90 Å². The van der Waals surface area contributed by atoms with Crippen LogP contribution >= 0.6 is 11.6 Å². The summed E-state index contributed by atoms with van der Waals surface area (Å²) in [6, 6.07) is 3.72. The van der Waals surface area contributed by atoms with Crippen molar-refractivity contribution in [3.05, 3.63) is 53.1 Å². The summed E-state index contributed by atoms with van der Waals surface area (Å²) in [5.74, 6) is -3.18. The van der Waals surface area contributed by atoms with Crippen molar-refractivity contribution in [2.75, 3.05) is 24.7 Å². The molecule has 4 aliphatic heterocycles. The van der Waals surface area contributed by atoms with Crippen molar-refractivity contribution in [1.29, 1.82) is 0 Å². The zero-order valence-corrected chi connectivity index (χ0v) is 23.5. The maximum atomic E-state index is 14.6. The molecular formula is C30H37ClN2O6. The predicted octanol–water partition coefficient (Wildman–Crippen LogP) is 3.82. The molecule has 4 heterocycles. The summed E-state index contributed by atoms with van der Waals surface area (Å²) in [6.45, 7) is 6.00. The molecule has 2 fully saturated rings. The largest absolute Gasteiger partial charge is 0.465 e. The summed E-state index contributed by atoms with van der Waals surface area (Å²) in [7, 11) is 0. The van der Waals surface area contributed by atoms with Gasteiger partial charge in [0.1, 0.15) is 17.6 Å². The number of fused-ring (bicyclic) bond motifs is 2. The fourth-order valence-electron chi connectivity index (χ4n) is 6.69. The number of benzene rings is 1. The molecule has 1 spiro atoms. The highest BCUT2D eigenvalue weighted by atomic mass is 35.5. The van der Waals surface area contributed by atoms with Crippen LogP contribution in [0.25, 0.3) is 0 Å². The lowest BCUT2D eigenvalue weighted by atomic mass is 9.78. The van der Waals surface area contributed by atoms with Gasteiger partial charge in [-0.05, 0) is 43.7 Å². The fourth-order valence-corrected chi connectivity index (χ4v) is 7.02. The summed E-state index contributed by atoms with van der Waals surface area (Å²) in [5.41, 5.74) is -0.00512. The average Bonchev–Trinajstić information content (AvgIpc) is 3.30. The van der Waals surface area contributed by atoms with Gasteiger partial charge in [-0.2, -0.15) is 0 Å². The maximum Gasteiger partial charge on any atom is 0.312 e. The minimum Gasteiger partial charge on any atom is -0.465 e. The second-order valence-corrected chi connectivity index (χ2v) is 11.5. The molecule has 0 aliphatic carbocycles. The number of carbonyl (C=O) groups is 3. The quantitative estimate of drug-likeness (QED) is 0.437. The van der Waals surface area contributed by atoms with Crippen LogP contribution < -0.4 is 4.90 Å². The van der Waals surface area contributed by atoms with E-state index in [-0.39, 0.29) is 37.5 Å². The number of ether oxygens (including phenoxy) is 2. The molecule has 1 aromatic rings. The molecule has 1 N–H and O–H groups in total. The molecule has 8 nitrogen and oxygen atoms in total. The topological polar surface area (TPSA) is 96.4 Å². The molecule has 7 atom stereocenters. The lowest BCUT2D eigenvalue weighted by molar-refractivity contribution is -0.155. The van der Waals surface area contributed by atoms with Crippen LogP contribution in [0.5, 0.6) is 0 Å². The number of carbonyl (C=O) groups excluding carboxylic acids is 3. The molecule has 5 rings (SSSR count). The number of halogens is 1. The summed E-state index contributed by atoms with van der Waals surface area (Å²) in [6.07, 6.45) is 9.85. The maximum absolute atomic E-state index is 14.6. The van der Waals surface area contributed by atoms with E-state index in [4.69, 9.17) is 21.1 Å². The van der Waals surface area contributed by atoms with Crippen LogP contribution in [0, 0.1) is 24.7 Å². The molecule has 2 saturated heterocycles. The molecule has 39 heavy (non-hydrogen) atoms. The van der Waals surface area contributed by atoms with Gasteiger partial charge in [0, 0.05) is 6.54 Å². The number of nitrogens with zero attached hydrogens (tertiary/aromatic N) is 2. The third kappa shape index (κ3) is 4.50. The number of amides is 2. The molecule has 0 saturated carbocycles. The summed E-state index contributed by atoms with van der Waals surface area (Å²) in [4.78, 5) is 45.6. The van der Waals surface area contributed by atoms with Crippen molar-refractivity contribution in [2.24, 2.45) is 17.8 Å². The minimum atomic E-state index is -1.40. The Labute approximate surface area is 234 Å². The molecule has 0 aromatic heterocycles. The first-order valence-electron chi connectivity index (χ1n) is 13.9. The first kappa shape index (κ1) is 27.9. The van der Waals surface area contributed by atoms with E-state index < -0.39 is 41.6 Å². The number of aryl methyl sites for hydroxylation is 1. The number of esters is 1. The van der Waals surface area contributed by atoms with Crippen molar-refractivity contribution in [3.8, 4) is 0 Å². The van der Waals surface area contributed by atoms with E-state index in [2.05, 4.69) is 0 Å². The third-order valence-electron chi connectivity index (χ3n) is 8.84. The van der Waals surface area contributed by atoms with Crippen molar-refractivity contribution in [3.63, 3.8) is 0 Å². The number of allylic oxidation sites excluding steroid dienone is 1. The molecule has 4 aliphatic rings. The SMILES string of the molecule is CC[C@H](C)[C@H](CO)N1C(=O)[C@@H]2[C@@H]3C(=O)OCCCC/C=C\[C@@H]3O[C@@]23C=CCN(c2c(C)cccc2Cl)C(=O)C13. The fraction of sp³-hybridized carbons (Fsp3) is 0.567. The molecule has 1 aromatic carbocycles. The molecule has 2 amide bonds. The first-order chi connectivity index (χ1) is 18.8. The number of aliphatic hydroxyl groups excluding tert-OH is 1. The Morgan fingerprint density at radius 2 is 1.97 bits per heavy atom. The number of rotatable bonds is 5. The Hall–Kier alpha value is -2.68. The van der Waals surface area contributed by atoms with Crippen LogP contribution in [0.3, 0.4) is 0 Å². The van der Waals surface area contributed by atoms with Crippen molar-refractivity contribution >= 4 is 35.1 Å². The van der Waals surface area contributed by atoms with Crippen LogP contribution in [0.1, 0.15) is 45.1 Å². The molecule has 210 valence electrons. The van der Waals surface area contributed by atoms with Crippen LogP contribution in [0.15, 0.2) is 42.5 Å². The first-order valence-corrected chi connectivity index (χ1v) is 14.3. The highest BCUT2D eigenvalue weighted by Crippen LogP contribution is 2.54. The monoisotopic (exact) mass is 556 g/mol. The summed E-state index contributed by atoms with van der Waals surface area (Å²) < 4.78 is 12.3. The Morgan fingerprint density at radius 1 is 1.18 bits per heavy atom. The number of likely N-dealkylation sites (tertiary alicyclic amines) is 1. The summed E-state index contributed by atoms with van der Waals surface area (Å²) >= 11 is 6.61. The van der Waals surface area contributed by atoms with Gasteiger partial charge in [0.2, 0.25) is 5.91 Å². The van der Waals surface area contributed by atoms with Gasteiger partial charge in [-0.25, -0.2) is 0 Å². The van der Waals surface area contributed by atoms with Crippen LogP contribution in [-0.4, -0.2) is 71.3 Å². The van der Waals surface area contributed by atoms with Gasteiger partial charge in [-0.3, -0.25) is 14.4 Å². The van der Waals surface area contributed by atoms with Gasteiger partial charge >= 0.3 is 5.97 Å². The van der Waals surface area contributed by atoms with Gasteiger partial charge in [0.05, 0.1) is 42.0 Å². The Balaban J connectivity index is 1.68. The normalized spacial score (nSPS) is 33.1. The number of hydrogen-bond acceptors (Lipinski definition) is 6. The predicted molar refractivity (Wildman–Crippen MR) is 147 cm³/mol. The van der Waals surface area contributed by atoms with Crippen LogP contribution in [0.2, 0.25) is 5.02 Å². The van der Waals surface area contributed by atoms with E-state index in [1.807, 2.05) is 51.1 Å². The van der Waals surface area contributed by atoms with Crippen LogP contribution in [0.4, 0.5) is 5.69 Å². The second kappa shape index (κ2) is 11.1. The average molecular weight is 557 g/mol. The Bertz CT molecular complexity index is 1180. The minimum absolute atomic E-state index is 0.1000. The van der Waals surface area contributed by atoms with Gasteiger partial charge in [-0.1, -0.05) is 68.3 Å². The van der Waals surface area contributed by atoms with Gasteiger partial charge in [-0.15, -0.1) is 0 Å². The Kier molecular flexibility index (Phi) is 7.91. The number of para-hydroxylation sites is 1. The Morgan fingerprint density at radius 3 is 2.69 bits per heavy atom. The van der Waals surface area contributed by atoms with E-state index >= 15 is 0 Å². The zero-order chi connectivity index (χ0) is 27.9. The zero-order valence-electron chi connectivity index (χ0n) is 22.7. The standard InChI is InChI=1S/C30H37ClN2O6/c1-4-18(2)21(17-34)33-26-28(36)32(25-19(3)11-9-12-20(25)31)15-10-14-30(26)24(27(33)35)23-22(39-30)13-7-5-6-8-16-38-29(23)37/h7,9-14,18,21-24,26,34H,4-6,8,15-17H2,1-3H3/b13-7-/t18-,21-,22-,23+,24-,26?,30-/m0/s1. The van der Waals surface area contributed by atoms with Crippen LogP contribution in [-0.2, 0) is 23.9 Å². The highest BCUT2D eigenvalue weighted by Gasteiger charge is 2.72. The van der Waals surface area contributed by atoms with E-state index in [9.17, 15) is 19.5 Å². The lowest BCUT2D eigenvalue weighted by Crippen LogP contribution is -2.59. The summed E-state index contributed by atoms with van der Waals surface area (Å²) in [5, 5.41) is 10.9. The van der Waals surface area contributed by atoms with E-state index in [1.165, 1.54) is 4.90 Å². The molecule has 0 bridgehead atoms. The van der Waals surface area contributed by atoms with Gasteiger partial charge in [0.25, 0.3) is 5.91 Å². The van der Waals surface area contributed by atoms with E-state index in [0.717, 1.165) is 24.8 Å². The highest BCUT2D eigenvalue weighted by molar-refractivity contribution is 6.34. The number of hydrogen-bond donors (Lipinski definition) is 1. The van der Waals surface area contributed by atoms with E-state index in [0.29, 0.717) is 17.1 Å². The van der Waals surface area contributed by atoms with Crippen molar-refractivity contribution < 1.29 is 29.0 Å². The molecule has 9 heteroatoms. The van der Waals surface area contributed by atoms with Crippen molar-refractivity contribution in [2.45, 2.75) is 70.2 Å². The molecular weight excluding hydrogens is 520 g/mol. The number of anilines is 1. The number of aliphatic hydroxyl groups is 1. The third-order valence-corrected chi connectivity index (χ3v) is 9.15. The number of cyclic esters (lactones) is 1. The van der Waals surface area contributed by atoms with E-state index in [1.54, 1.807) is 17.0 Å². The lowest BCUT2D eigenvalue weighted by Gasteiger charge is -2.40. The molecule has 0 radical (unpaired) electrons. The second-order valence-electron chi connectivity index (χ2n) is 11.1. The van der Waals surface area contributed by atoms with Gasteiger partial charge < -0.3 is 24.4 Å². The van der Waals surface area contributed by atoms with Gasteiger partial charge in [0.15, 0.2) is 0 Å². The molecule has 1 unspecified atom stereocenters. The smallest absolute Gasteiger partial charge is 0.312 e.